The van der Waals surface area contributed by atoms with Gasteiger partial charge in [-0.25, -0.2) is 0 Å². The van der Waals surface area contributed by atoms with E-state index in [1.54, 1.807) is 25.1 Å². The van der Waals surface area contributed by atoms with Crippen molar-refractivity contribution in [1.29, 1.82) is 0 Å². The molecule has 2 heterocycles. The Kier molecular flexibility index (Phi) is 4.37. The minimum Gasteiger partial charge on any atom is -0.481 e. The summed E-state index contributed by atoms with van der Waals surface area (Å²) < 4.78 is 0. The van der Waals surface area contributed by atoms with E-state index in [2.05, 4.69) is 10.6 Å². The van der Waals surface area contributed by atoms with E-state index in [0.717, 1.165) is 0 Å². The molecule has 2 aliphatic heterocycles. The lowest BCUT2D eigenvalue weighted by molar-refractivity contribution is -0.147. The molecule has 0 bridgehead atoms. The number of aliphatic carboxylic acids is 1. The minimum absolute atomic E-state index is 0.190. The SMILES string of the molecule is CC(C)(C)C(C)(C(=O)O)c1cccc2c1C(C1CCC(=O)NC1=O)NC2=O. The molecule has 0 radical (unpaired) electrons. The average Bonchev–Trinajstić information content (AvgIpc) is 2.90. The molecule has 0 aliphatic carbocycles. The van der Waals surface area contributed by atoms with E-state index in [-0.39, 0.29) is 18.2 Å². The highest BCUT2D eigenvalue weighted by Crippen LogP contribution is 2.47. The summed E-state index contributed by atoms with van der Waals surface area (Å²) in [5.41, 5.74) is -0.456. The zero-order valence-corrected chi connectivity index (χ0v) is 15.9. The molecule has 0 saturated carbocycles. The standard InChI is InChI=1S/C20H24N2O5/c1-19(2,3)20(4,18(26)27)12-7-5-6-10-14(12)15(22-16(10)24)11-8-9-13(23)21-17(11)25/h5-7,11,15H,8-9H2,1-4H3,(H,22,24)(H,26,27)(H,21,23,25). The Morgan fingerprint density at radius 2 is 1.81 bits per heavy atom. The molecule has 3 amide bonds. The first-order valence-electron chi connectivity index (χ1n) is 9.00. The molecule has 27 heavy (non-hydrogen) atoms. The first kappa shape index (κ1) is 19.1. The van der Waals surface area contributed by atoms with Crippen molar-refractivity contribution in [1.82, 2.24) is 10.6 Å². The smallest absolute Gasteiger partial charge is 0.314 e. The van der Waals surface area contributed by atoms with Gasteiger partial charge in [-0.05, 0) is 36.0 Å². The van der Waals surface area contributed by atoms with Crippen LogP contribution in [0.2, 0.25) is 0 Å². The van der Waals surface area contributed by atoms with E-state index < -0.39 is 34.7 Å². The van der Waals surface area contributed by atoms with Gasteiger partial charge in [-0.1, -0.05) is 32.9 Å². The topological polar surface area (TPSA) is 113 Å². The zero-order valence-electron chi connectivity index (χ0n) is 15.9. The fourth-order valence-electron chi connectivity index (χ4n) is 4.00. The molecule has 7 nitrogen and oxygen atoms in total. The van der Waals surface area contributed by atoms with Crippen LogP contribution < -0.4 is 10.6 Å². The highest BCUT2D eigenvalue weighted by molar-refractivity contribution is 6.03. The van der Waals surface area contributed by atoms with E-state index >= 15 is 0 Å². The van der Waals surface area contributed by atoms with Crippen LogP contribution in [0.15, 0.2) is 18.2 Å². The molecule has 1 fully saturated rings. The fraction of sp³-hybridized carbons (Fsp3) is 0.500. The summed E-state index contributed by atoms with van der Waals surface area (Å²) >= 11 is 0. The maximum atomic E-state index is 12.5. The number of carboxylic acids is 1. The van der Waals surface area contributed by atoms with Crippen molar-refractivity contribution >= 4 is 23.7 Å². The van der Waals surface area contributed by atoms with Crippen molar-refractivity contribution in [3.05, 3.63) is 34.9 Å². The molecule has 3 unspecified atom stereocenters. The third-order valence-corrected chi connectivity index (χ3v) is 6.10. The summed E-state index contributed by atoms with van der Waals surface area (Å²) in [6.45, 7) is 7.17. The molecular weight excluding hydrogens is 348 g/mol. The van der Waals surface area contributed by atoms with Gasteiger partial charge in [0.05, 0.1) is 17.4 Å². The molecule has 1 aromatic carbocycles. The van der Waals surface area contributed by atoms with Crippen molar-refractivity contribution in [3.8, 4) is 0 Å². The van der Waals surface area contributed by atoms with Gasteiger partial charge in [0.15, 0.2) is 0 Å². The van der Waals surface area contributed by atoms with Crippen LogP contribution in [-0.2, 0) is 19.8 Å². The summed E-state index contributed by atoms with van der Waals surface area (Å²) in [6, 6.07) is 4.38. The molecule has 1 aromatic rings. The number of nitrogens with one attached hydrogen (secondary N) is 2. The third kappa shape index (κ3) is 2.81. The molecule has 7 heteroatoms. The Bertz CT molecular complexity index is 854. The number of carbonyl (C=O) groups is 4. The maximum Gasteiger partial charge on any atom is 0.314 e. The van der Waals surface area contributed by atoms with Crippen LogP contribution in [-0.4, -0.2) is 28.8 Å². The van der Waals surface area contributed by atoms with Crippen LogP contribution in [0.3, 0.4) is 0 Å². The van der Waals surface area contributed by atoms with Crippen LogP contribution >= 0.6 is 0 Å². The minimum atomic E-state index is -1.27. The molecule has 0 spiro atoms. The number of carbonyl (C=O) groups excluding carboxylic acids is 3. The Morgan fingerprint density at radius 3 is 2.37 bits per heavy atom. The predicted octanol–water partition coefficient (Wildman–Crippen LogP) is 1.91. The molecule has 3 N–H and O–H groups in total. The van der Waals surface area contributed by atoms with E-state index in [4.69, 9.17) is 0 Å². The van der Waals surface area contributed by atoms with Gasteiger partial charge in [-0.15, -0.1) is 0 Å². The second kappa shape index (κ2) is 6.18. The van der Waals surface area contributed by atoms with E-state index in [9.17, 15) is 24.3 Å². The van der Waals surface area contributed by atoms with Gasteiger partial charge in [0.25, 0.3) is 5.91 Å². The van der Waals surface area contributed by atoms with Crippen molar-refractivity contribution in [3.63, 3.8) is 0 Å². The number of carboxylic acid groups (broad SMARTS) is 1. The highest BCUT2D eigenvalue weighted by atomic mass is 16.4. The number of fused-ring (bicyclic) bond motifs is 1. The second-order valence-corrected chi connectivity index (χ2v) is 8.46. The van der Waals surface area contributed by atoms with E-state index in [1.165, 1.54) is 0 Å². The van der Waals surface area contributed by atoms with Crippen LogP contribution in [0.25, 0.3) is 0 Å². The average molecular weight is 372 g/mol. The van der Waals surface area contributed by atoms with Gasteiger partial charge in [-0.3, -0.25) is 24.5 Å². The quantitative estimate of drug-likeness (QED) is 0.702. The Morgan fingerprint density at radius 1 is 1.15 bits per heavy atom. The fourth-order valence-corrected chi connectivity index (χ4v) is 4.00. The first-order chi connectivity index (χ1) is 12.5. The van der Waals surface area contributed by atoms with Crippen molar-refractivity contribution in [2.75, 3.05) is 0 Å². The number of amides is 3. The molecule has 144 valence electrons. The van der Waals surface area contributed by atoms with E-state index in [1.807, 2.05) is 20.8 Å². The lowest BCUT2D eigenvalue weighted by atomic mass is 9.62. The summed E-state index contributed by atoms with van der Waals surface area (Å²) in [6.07, 6.45) is 0.498. The molecule has 3 atom stereocenters. The molecule has 2 aliphatic rings. The highest BCUT2D eigenvalue weighted by Gasteiger charge is 2.51. The number of benzene rings is 1. The molecular formula is C20H24N2O5. The number of rotatable bonds is 3. The summed E-state index contributed by atoms with van der Waals surface area (Å²) in [5, 5.41) is 15.2. The number of hydrogen-bond donors (Lipinski definition) is 3. The van der Waals surface area contributed by atoms with Crippen LogP contribution in [0.4, 0.5) is 0 Å². The Labute approximate surface area is 157 Å². The third-order valence-electron chi connectivity index (χ3n) is 6.10. The van der Waals surface area contributed by atoms with Crippen LogP contribution in [0.5, 0.6) is 0 Å². The summed E-state index contributed by atoms with van der Waals surface area (Å²) in [7, 11) is 0. The number of imide groups is 1. The monoisotopic (exact) mass is 372 g/mol. The molecule has 1 saturated heterocycles. The van der Waals surface area contributed by atoms with Crippen molar-refractivity contribution < 1.29 is 24.3 Å². The van der Waals surface area contributed by atoms with Gasteiger partial charge < -0.3 is 10.4 Å². The largest absolute Gasteiger partial charge is 0.481 e. The zero-order chi connectivity index (χ0) is 20.1. The first-order valence-corrected chi connectivity index (χ1v) is 9.00. The van der Waals surface area contributed by atoms with Crippen LogP contribution in [0, 0.1) is 11.3 Å². The lowest BCUT2D eigenvalue weighted by Gasteiger charge is -2.40. The van der Waals surface area contributed by atoms with Crippen molar-refractivity contribution in [2.24, 2.45) is 11.3 Å². The summed E-state index contributed by atoms with van der Waals surface area (Å²) in [4.78, 5) is 48.7. The van der Waals surface area contributed by atoms with Crippen LogP contribution in [0.1, 0.15) is 68.1 Å². The van der Waals surface area contributed by atoms with E-state index in [0.29, 0.717) is 23.1 Å². The van der Waals surface area contributed by atoms with Gasteiger partial charge >= 0.3 is 5.97 Å². The maximum absolute atomic E-state index is 12.5. The summed E-state index contributed by atoms with van der Waals surface area (Å²) in [5.74, 6) is -2.72. The normalized spacial score (nSPS) is 24.7. The number of hydrogen-bond acceptors (Lipinski definition) is 4. The second-order valence-electron chi connectivity index (χ2n) is 8.46. The predicted molar refractivity (Wildman–Crippen MR) is 97.0 cm³/mol. The van der Waals surface area contributed by atoms with Gasteiger partial charge in [0.2, 0.25) is 11.8 Å². The Hall–Kier alpha value is -2.70. The number of piperidine rings is 1. The Balaban J connectivity index is 2.19. The lowest BCUT2D eigenvalue weighted by Crippen LogP contribution is -2.47. The molecule has 3 rings (SSSR count). The van der Waals surface area contributed by atoms with Gasteiger partial charge in [0, 0.05) is 12.0 Å². The van der Waals surface area contributed by atoms with Crippen molar-refractivity contribution in [2.45, 2.75) is 52.0 Å². The van der Waals surface area contributed by atoms with Gasteiger partial charge in [0.1, 0.15) is 0 Å². The molecule has 0 aromatic heterocycles. The van der Waals surface area contributed by atoms with Gasteiger partial charge in [-0.2, -0.15) is 0 Å².